The van der Waals surface area contributed by atoms with Gasteiger partial charge in [0, 0.05) is 131 Å². The van der Waals surface area contributed by atoms with Crippen molar-refractivity contribution in [3.63, 3.8) is 0 Å². The Balaban J connectivity index is 0.000000191. The van der Waals surface area contributed by atoms with Gasteiger partial charge in [-0.2, -0.15) is 0 Å². The molecule has 12 fully saturated rings. The minimum Gasteiger partial charge on any atom is -0.388 e. The lowest BCUT2D eigenvalue weighted by Crippen LogP contribution is -2.65. The molecule has 0 radical (unpaired) electrons. The number of aliphatic hydroxyl groups is 4. The largest absolute Gasteiger partial charge is 0.388 e. The molecule has 0 bridgehead atoms. The second kappa shape index (κ2) is 38.3. The number of likely N-dealkylation sites (N-methyl/N-ethyl adjacent to an activating group) is 4. The predicted octanol–water partition coefficient (Wildman–Crippen LogP) is -0.795. The summed E-state index contributed by atoms with van der Waals surface area (Å²) in [6.07, 6.45) is -1.48. The summed E-state index contributed by atoms with van der Waals surface area (Å²) >= 11 is 0. The molecule has 10 N–H and O–H groups in total. The summed E-state index contributed by atoms with van der Waals surface area (Å²) in [5.74, 6) is -8.46. The molecule has 115 heavy (non-hydrogen) atoms. The first kappa shape index (κ1) is 97.2. The van der Waals surface area contributed by atoms with Crippen molar-refractivity contribution in [2.75, 3.05) is 202 Å². The molecule has 0 aromatic rings. The Labute approximate surface area is 683 Å². The number of nitrogens with one attached hydrogen (secondary N) is 2. The zero-order valence-corrected chi connectivity index (χ0v) is 72.4. The van der Waals surface area contributed by atoms with E-state index in [1.165, 1.54) is 19.6 Å². The zero-order chi connectivity index (χ0) is 84.4. The van der Waals surface area contributed by atoms with Gasteiger partial charge in [-0.15, -0.1) is 0 Å². The van der Waals surface area contributed by atoms with Gasteiger partial charge in [0.1, 0.15) is 99.7 Å². The van der Waals surface area contributed by atoms with Crippen LogP contribution >= 0.6 is 0 Å². The van der Waals surface area contributed by atoms with Gasteiger partial charge in [0.25, 0.3) is 0 Å². The molecule has 12 aliphatic heterocycles. The summed E-state index contributed by atoms with van der Waals surface area (Å²) in [7, 11) is 17.3. The van der Waals surface area contributed by atoms with E-state index in [2.05, 4.69) is 57.9 Å². The fraction of sp³-hybridized carbons (Fsp3) is 0.949. The number of ether oxygens (including phenoxy) is 16. The first-order valence-electron chi connectivity index (χ1n) is 40.8. The first-order chi connectivity index (χ1) is 52.8. The van der Waals surface area contributed by atoms with Gasteiger partial charge in [-0.05, 0) is 149 Å². The van der Waals surface area contributed by atoms with E-state index in [9.17, 15) is 39.6 Å². The fourth-order valence-electron chi connectivity index (χ4n) is 16.6. The molecular weight excluding hydrogens is 1500 g/mol. The number of nitrogens with zero attached hydrogens (tertiary/aromatic N) is 8. The third-order valence-corrected chi connectivity index (χ3v) is 24.3. The van der Waals surface area contributed by atoms with Crippen LogP contribution in [0.15, 0.2) is 0 Å². The second-order valence-electron chi connectivity index (χ2n) is 37.2. The maximum atomic E-state index is 12.0. The van der Waals surface area contributed by atoms with Gasteiger partial charge in [0.2, 0.25) is 46.8 Å². The van der Waals surface area contributed by atoms with Gasteiger partial charge in [0.15, 0.2) is 23.1 Å². The van der Waals surface area contributed by atoms with E-state index in [0.717, 1.165) is 104 Å². The molecule has 4 amide bonds. The van der Waals surface area contributed by atoms with Crippen LogP contribution in [0.5, 0.6) is 0 Å². The SMILES string of the molecule is C.CN(C)C(=O)CO[C@@H]1CO[C@@]2(CN3CCC(C)(N)CC3)OC(C)(C)O[C@H]2[C@@H]1O.CN(C)C(=O)CO[C@@H]1[C@H](O)CO[C@@]2(CN3CCC(C)(N)CC3)OC(C)(C)O[C@@H]12.CNC1(C)CCN(C[C@@]23OC[C@@H](O)[C@@H](OCC(=O)N(C)C)[C@@H]2OC(C)(C)O3)CC1.CNC1(C)CCN(C[C@@]23OC[C@@H](OCC(=O)N(C)C)[C@@H](O)[C@@H]2OC(C)(C)O3)CC1. The summed E-state index contributed by atoms with van der Waals surface area (Å²) in [6, 6.07) is 0. The highest BCUT2D eigenvalue weighted by atomic mass is 16.9. The lowest BCUT2D eigenvalue weighted by atomic mass is 9.89. The molecule has 36 heteroatoms. The van der Waals surface area contributed by atoms with E-state index in [1.54, 1.807) is 56.4 Å². The molecule has 36 nitrogen and oxygen atoms in total. The van der Waals surface area contributed by atoms with Crippen LogP contribution in [0.4, 0.5) is 0 Å². The number of likely N-dealkylation sites (tertiary alicyclic amines) is 4. The molecule has 0 aromatic carbocycles. The third kappa shape index (κ3) is 24.6. The van der Waals surface area contributed by atoms with Crippen LogP contribution in [-0.2, 0) is 95.0 Å². The van der Waals surface area contributed by atoms with Crippen molar-refractivity contribution < 1.29 is 115 Å². The molecule has 0 spiro atoms. The molecule has 668 valence electrons. The summed E-state index contributed by atoms with van der Waals surface area (Å²) < 4.78 is 96.5. The van der Waals surface area contributed by atoms with Gasteiger partial charge < -0.3 is 138 Å². The Morgan fingerprint density at radius 3 is 0.852 bits per heavy atom. The number of amides is 4. The van der Waals surface area contributed by atoms with Crippen molar-refractivity contribution in [2.24, 2.45) is 11.5 Å². The van der Waals surface area contributed by atoms with Crippen molar-refractivity contribution in [2.45, 2.75) is 284 Å². The standard InChI is InChI=1S/2C20H37N3O6.2C19H35N3O6.CH4/c1-18(2)28-17-16(25)14(26-12-15(24)22(5)6)11-27-20(17,29-18)13-23-9-7-19(3,21-4)8-10-23;1-18(2)28-17-16(26-12-15(25)22(5)6)14(24)11-27-20(17,29-18)13-23-9-7-19(3,21-4)8-10-23;1-17(2)27-16-15(24)13(25-11-14(23)21(4)5)10-26-19(16,28-17)12-22-8-6-18(3,20)7-9-22;1-17(2)27-16-15(25-11-14(24)21(4)5)13(23)10-26-19(16,28-17)12-22-8-6-18(3,20)7-9-22;/h14,16-17,21,25H,7-13H2,1-6H3;14,16-17,21,24H,7-13H2,1-6H3;13,15-16,24H,6-12,20H2,1-5H3;13,15-16,23H,6-12,20H2,1-5H3;1H4/t2*14-,16-,17+,20+;2*13-,15-,16+,19+;/m1111./s1. The molecule has 12 aliphatic rings. The molecule has 0 aromatic heterocycles. The average Bonchev–Trinajstić information content (AvgIpc) is 1.61. The number of piperidine rings is 4. The molecule has 12 rings (SSSR count). The fourth-order valence-corrected chi connectivity index (χ4v) is 16.6. The molecular formula is C79H148N12O24. The zero-order valence-electron chi connectivity index (χ0n) is 72.4. The number of hydrogen-bond acceptors (Lipinski definition) is 32. The van der Waals surface area contributed by atoms with Crippen molar-refractivity contribution in [1.29, 1.82) is 0 Å². The number of hydrogen-bond donors (Lipinski definition) is 8. The maximum absolute atomic E-state index is 12.0. The molecule has 12 saturated heterocycles. The highest BCUT2D eigenvalue weighted by Crippen LogP contribution is 2.49. The van der Waals surface area contributed by atoms with Gasteiger partial charge >= 0.3 is 0 Å². The smallest absolute Gasteiger partial charge is 0.248 e. The second-order valence-corrected chi connectivity index (χ2v) is 37.2. The van der Waals surface area contributed by atoms with Crippen LogP contribution in [0.25, 0.3) is 0 Å². The number of aliphatic hydroxyl groups excluding tert-OH is 4. The quantitative estimate of drug-likeness (QED) is 0.0658. The van der Waals surface area contributed by atoms with Crippen LogP contribution in [0, 0.1) is 0 Å². The molecule has 0 unspecified atom stereocenters. The average molecular weight is 1650 g/mol. The van der Waals surface area contributed by atoms with Gasteiger partial charge in [-0.3, -0.25) is 38.8 Å². The summed E-state index contributed by atoms with van der Waals surface area (Å²) in [4.78, 5) is 62.5. The van der Waals surface area contributed by atoms with Gasteiger partial charge in [-0.25, -0.2) is 0 Å². The van der Waals surface area contributed by atoms with E-state index < -0.39 is 120 Å². The topological polar surface area (TPSA) is 399 Å². The van der Waals surface area contributed by atoms with E-state index >= 15 is 0 Å². The number of nitrogens with two attached hydrogens (primary N) is 2. The van der Waals surface area contributed by atoms with Crippen LogP contribution in [0.2, 0.25) is 0 Å². The van der Waals surface area contributed by atoms with Crippen LogP contribution < -0.4 is 22.1 Å². The van der Waals surface area contributed by atoms with Crippen molar-refractivity contribution >= 4 is 23.6 Å². The van der Waals surface area contributed by atoms with Crippen molar-refractivity contribution in [1.82, 2.24) is 49.8 Å². The normalized spacial score (nSPS) is 36.7. The highest BCUT2D eigenvalue weighted by molar-refractivity contribution is 5.78. The monoisotopic (exact) mass is 1650 g/mol. The van der Waals surface area contributed by atoms with E-state index in [1.807, 2.05) is 69.5 Å². The Morgan fingerprint density at radius 1 is 0.374 bits per heavy atom. The summed E-state index contributed by atoms with van der Waals surface area (Å²) in [5, 5.41) is 49.7. The van der Waals surface area contributed by atoms with Crippen molar-refractivity contribution in [3.05, 3.63) is 0 Å². The van der Waals surface area contributed by atoms with Crippen molar-refractivity contribution in [3.8, 4) is 0 Å². The predicted molar refractivity (Wildman–Crippen MR) is 422 cm³/mol. The van der Waals surface area contributed by atoms with Gasteiger partial charge in [-0.1, -0.05) is 7.43 Å². The van der Waals surface area contributed by atoms with Crippen LogP contribution in [0.3, 0.4) is 0 Å². The Hall–Kier alpha value is -3.24. The van der Waals surface area contributed by atoms with E-state index in [0.29, 0.717) is 26.2 Å². The van der Waals surface area contributed by atoms with Crippen LogP contribution in [0.1, 0.15) is 142 Å². The Kier molecular flexibility index (Phi) is 32.3. The maximum Gasteiger partial charge on any atom is 0.248 e. The Morgan fingerprint density at radius 2 is 0.600 bits per heavy atom. The third-order valence-electron chi connectivity index (χ3n) is 24.3. The van der Waals surface area contributed by atoms with Gasteiger partial charge in [0.05, 0.1) is 52.6 Å². The lowest BCUT2D eigenvalue weighted by molar-refractivity contribution is -0.302. The summed E-state index contributed by atoms with van der Waals surface area (Å²) in [5.41, 5.74) is 12.5. The lowest BCUT2D eigenvalue weighted by Gasteiger charge is -2.47. The molecule has 0 aliphatic carbocycles. The minimum atomic E-state index is -1.07. The van der Waals surface area contributed by atoms with E-state index in [-0.39, 0.29) is 106 Å². The highest BCUT2D eigenvalue weighted by Gasteiger charge is 2.67. The first-order valence-corrected chi connectivity index (χ1v) is 40.8. The molecule has 12 heterocycles. The number of carbonyl (C=O) groups excluding carboxylic acids is 4. The number of rotatable bonds is 22. The molecule has 16 atom stereocenters. The summed E-state index contributed by atoms with van der Waals surface area (Å²) in [6.45, 7) is 32.1. The number of carbonyl (C=O) groups is 4. The Bertz CT molecular complexity index is 3140. The molecule has 0 saturated carbocycles. The number of fused-ring (bicyclic) bond motifs is 4. The van der Waals surface area contributed by atoms with E-state index in [4.69, 9.17) is 87.3 Å². The van der Waals surface area contributed by atoms with Crippen LogP contribution in [-0.4, -0.2) is 427 Å². The minimum absolute atomic E-state index is 0.